The van der Waals surface area contributed by atoms with Crippen LogP contribution in [0.25, 0.3) is 5.57 Å². The zero-order chi connectivity index (χ0) is 18.6. The highest BCUT2D eigenvalue weighted by Crippen LogP contribution is 2.41. The topological polar surface area (TPSA) is 88.8 Å². The second-order valence-corrected chi connectivity index (χ2v) is 6.96. The van der Waals surface area contributed by atoms with Crippen molar-refractivity contribution >= 4 is 11.4 Å². The van der Waals surface area contributed by atoms with E-state index in [1.54, 1.807) is 13.2 Å². The number of aryl methyl sites for hydroxylation is 1. The van der Waals surface area contributed by atoms with Crippen LogP contribution in [-0.2, 0) is 21.1 Å². The quantitative estimate of drug-likeness (QED) is 0.786. The maximum absolute atomic E-state index is 12.4. The highest BCUT2D eigenvalue weighted by atomic mass is 16.2. The van der Waals surface area contributed by atoms with Crippen LogP contribution in [0.5, 0.6) is 0 Å². The van der Waals surface area contributed by atoms with Gasteiger partial charge in [0.1, 0.15) is 11.9 Å². The minimum atomic E-state index is -0.536. The second-order valence-electron chi connectivity index (χ2n) is 6.96. The first-order chi connectivity index (χ1) is 12.4. The molecule has 0 spiro atoms. The summed E-state index contributed by atoms with van der Waals surface area (Å²) >= 11 is 0. The maximum atomic E-state index is 12.4. The van der Waals surface area contributed by atoms with Crippen LogP contribution in [0, 0.1) is 11.3 Å². The minimum Gasteiger partial charge on any atom is -0.347 e. The fraction of sp³-hybridized carbons (Fsp3) is 0.444. The Hall–Kier alpha value is -3.08. The van der Waals surface area contributed by atoms with Crippen molar-refractivity contribution in [3.05, 3.63) is 50.4 Å². The van der Waals surface area contributed by atoms with E-state index < -0.39 is 11.2 Å². The smallest absolute Gasteiger partial charge is 0.332 e. The normalized spacial score (nSPS) is 21.6. The fourth-order valence-corrected chi connectivity index (χ4v) is 4.27. The largest absolute Gasteiger partial charge is 0.347 e. The van der Waals surface area contributed by atoms with E-state index in [1.165, 1.54) is 17.2 Å². The molecule has 2 unspecified atom stereocenters. The molecule has 134 valence electrons. The van der Waals surface area contributed by atoms with Crippen LogP contribution in [0.1, 0.15) is 30.5 Å². The highest BCUT2D eigenvalue weighted by molar-refractivity contribution is 5.70. The summed E-state index contributed by atoms with van der Waals surface area (Å²) in [5, 5.41) is 13.8. The van der Waals surface area contributed by atoms with Gasteiger partial charge in [0.15, 0.2) is 5.56 Å². The summed E-state index contributed by atoms with van der Waals surface area (Å²) in [6.07, 6.45) is 6.65. The lowest BCUT2D eigenvalue weighted by Gasteiger charge is -2.37. The number of rotatable bonds is 2. The van der Waals surface area contributed by atoms with Gasteiger partial charge in [-0.25, -0.2) is 4.79 Å². The average molecular weight is 352 g/mol. The van der Waals surface area contributed by atoms with Gasteiger partial charge in [0, 0.05) is 39.4 Å². The third-order valence-electron chi connectivity index (χ3n) is 5.54. The number of fused-ring (bicyclic) bond motifs is 2. The third kappa shape index (κ3) is 2.17. The van der Waals surface area contributed by atoms with E-state index in [-0.39, 0.29) is 17.6 Å². The van der Waals surface area contributed by atoms with Crippen molar-refractivity contribution in [1.82, 2.24) is 18.9 Å². The molecule has 1 saturated heterocycles. The molecule has 2 aliphatic rings. The summed E-state index contributed by atoms with van der Waals surface area (Å²) in [7, 11) is 4.95. The van der Waals surface area contributed by atoms with Crippen LogP contribution in [0.4, 0.5) is 5.82 Å². The molecule has 0 radical (unpaired) electrons. The van der Waals surface area contributed by atoms with E-state index in [0.29, 0.717) is 5.82 Å². The Kier molecular flexibility index (Phi) is 3.61. The van der Waals surface area contributed by atoms with E-state index in [2.05, 4.69) is 16.1 Å². The van der Waals surface area contributed by atoms with Crippen molar-refractivity contribution < 1.29 is 0 Å². The van der Waals surface area contributed by atoms with Crippen molar-refractivity contribution in [3.63, 3.8) is 0 Å². The van der Waals surface area contributed by atoms with Gasteiger partial charge in [0.2, 0.25) is 0 Å². The van der Waals surface area contributed by atoms with Gasteiger partial charge >= 0.3 is 5.69 Å². The lowest BCUT2D eigenvalue weighted by Crippen LogP contribution is -2.47. The van der Waals surface area contributed by atoms with Crippen molar-refractivity contribution in [3.8, 4) is 6.07 Å². The molecule has 2 bridgehead atoms. The molecule has 0 aromatic carbocycles. The van der Waals surface area contributed by atoms with Crippen molar-refractivity contribution in [2.75, 3.05) is 4.90 Å². The average Bonchev–Trinajstić information content (AvgIpc) is 3.16. The molecule has 4 rings (SSSR count). The predicted octanol–water partition coefficient (Wildman–Crippen LogP) is 0.514. The van der Waals surface area contributed by atoms with E-state index >= 15 is 0 Å². The Morgan fingerprint density at radius 3 is 2.58 bits per heavy atom. The monoisotopic (exact) mass is 352 g/mol. The Bertz CT molecular complexity index is 1080. The number of anilines is 1. The van der Waals surface area contributed by atoms with Crippen molar-refractivity contribution in [2.45, 2.75) is 31.3 Å². The molecular weight excluding hydrogens is 332 g/mol. The first kappa shape index (κ1) is 16.4. The fourth-order valence-electron chi connectivity index (χ4n) is 4.27. The molecule has 8 nitrogen and oxygen atoms in total. The summed E-state index contributed by atoms with van der Waals surface area (Å²) in [5.41, 5.74) is 1.39. The van der Waals surface area contributed by atoms with E-state index in [0.717, 1.165) is 29.5 Å². The molecular formula is C18H20N6O2. The Balaban J connectivity index is 1.86. The Morgan fingerprint density at radius 1 is 1.19 bits per heavy atom. The van der Waals surface area contributed by atoms with Crippen molar-refractivity contribution in [1.29, 1.82) is 5.26 Å². The molecule has 26 heavy (non-hydrogen) atoms. The molecule has 4 heterocycles. The number of nitrogens with zero attached hydrogens (tertiary/aromatic N) is 6. The Morgan fingerprint density at radius 2 is 1.96 bits per heavy atom. The molecule has 0 aliphatic carbocycles. The van der Waals surface area contributed by atoms with E-state index in [1.807, 2.05) is 23.9 Å². The van der Waals surface area contributed by atoms with Gasteiger partial charge in [-0.3, -0.25) is 18.6 Å². The third-order valence-corrected chi connectivity index (χ3v) is 5.54. The first-order valence-corrected chi connectivity index (χ1v) is 8.61. The first-order valence-electron chi connectivity index (χ1n) is 8.61. The summed E-state index contributed by atoms with van der Waals surface area (Å²) < 4.78 is 4.27. The van der Waals surface area contributed by atoms with Crippen LogP contribution < -0.4 is 16.1 Å². The van der Waals surface area contributed by atoms with Gasteiger partial charge in [0.05, 0.1) is 5.69 Å². The maximum Gasteiger partial charge on any atom is 0.332 e. The van der Waals surface area contributed by atoms with Crippen LogP contribution in [-0.4, -0.2) is 31.0 Å². The van der Waals surface area contributed by atoms with Gasteiger partial charge in [-0.05, 0) is 30.9 Å². The zero-order valence-corrected chi connectivity index (χ0v) is 15.0. The van der Waals surface area contributed by atoms with Gasteiger partial charge in [-0.1, -0.05) is 6.08 Å². The predicted molar refractivity (Wildman–Crippen MR) is 96.7 cm³/mol. The molecule has 0 N–H and O–H groups in total. The molecule has 2 aromatic rings. The SMILES string of the molecule is Cn1nccc1C1=CC2CCC(C1)N2c1c(C#N)c(=O)n(C)c(=O)n1C. The molecule has 8 heteroatoms. The molecule has 0 amide bonds. The van der Waals surface area contributed by atoms with Crippen LogP contribution in [0.3, 0.4) is 0 Å². The van der Waals surface area contributed by atoms with Crippen LogP contribution in [0.15, 0.2) is 27.9 Å². The standard InChI is InChI=1S/C18H20N6O2/c1-21-16(14(10-19)17(25)22(2)18(21)26)24-12-4-5-13(24)9-11(8-12)15-6-7-20-23(15)3/h6-8,12-13H,4-5,9H2,1-3H3. The molecule has 2 aliphatic heterocycles. The number of hydrogen-bond donors (Lipinski definition) is 0. The minimum absolute atomic E-state index is 0.0314. The number of aromatic nitrogens is 4. The molecule has 0 saturated carbocycles. The second kappa shape index (κ2) is 5.73. The Labute approximate surface area is 150 Å². The van der Waals surface area contributed by atoms with Gasteiger partial charge in [-0.15, -0.1) is 0 Å². The van der Waals surface area contributed by atoms with E-state index in [4.69, 9.17) is 0 Å². The van der Waals surface area contributed by atoms with E-state index in [9.17, 15) is 14.9 Å². The lowest BCUT2D eigenvalue weighted by molar-refractivity contribution is 0.600. The summed E-state index contributed by atoms with van der Waals surface area (Å²) in [4.78, 5) is 26.9. The van der Waals surface area contributed by atoms with Gasteiger partial charge in [0.25, 0.3) is 5.56 Å². The van der Waals surface area contributed by atoms with Crippen LogP contribution >= 0.6 is 0 Å². The number of nitriles is 1. The molecule has 1 fully saturated rings. The molecule has 2 atom stereocenters. The highest BCUT2D eigenvalue weighted by Gasteiger charge is 2.40. The van der Waals surface area contributed by atoms with Crippen molar-refractivity contribution in [2.24, 2.45) is 21.1 Å². The lowest BCUT2D eigenvalue weighted by atomic mass is 9.98. The molecule has 2 aromatic heterocycles. The van der Waals surface area contributed by atoms with Crippen LogP contribution in [0.2, 0.25) is 0 Å². The zero-order valence-electron chi connectivity index (χ0n) is 15.0. The summed E-state index contributed by atoms with van der Waals surface area (Å²) in [6, 6.07) is 4.22. The summed E-state index contributed by atoms with van der Waals surface area (Å²) in [6.45, 7) is 0. The number of hydrogen-bond acceptors (Lipinski definition) is 5. The summed E-state index contributed by atoms with van der Waals surface area (Å²) in [5.74, 6) is 0.438. The van der Waals surface area contributed by atoms with Gasteiger partial charge < -0.3 is 4.90 Å². The van der Waals surface area contributed by atoms with Gasteiger partial charge in [-0.2, -0.15) is 10.4 Å².